The number of nitrogens with zero attached hydrogens (tertiary/aromatic N) is 2. The number of amides is 1. The van der Waals surface area contributed by atoms with Crippen molar-refractivity contribution in [3.63, 3.8) is 0 Å². The molecule has 0 spiro atoms. The largest absolute Gasteiger partial charge is 0.384 e. The number of halogens is 5. The van der Waals surface area contributed by atoms with Crippen LogP contribution in [0.25, 0.3) is 22.2 Å². The maximum Gasteiger partial charge on any atom is 0.249 e. The molecule has 1 amide bonds. The minimum atomic E-state index is -2.84. The fourth-order valence-corrected chi connectivity index (χ4v) is 5.64. The Morgan fingerprint density at radius 2 is 1.69 bits per heavy atom. The molecule has 2 N–H and O–H groups in total. The second-order valence-electron chi connectivity index (χ2n) is 9.87. The molecular formula is C25H24F5N3O2. The Bertz CT molecular complexity index is 1280. The van der Waals surface area contributed by atoms with Crippen molar-refractivity contribution in [2.24, 2.45) is 17.8 Å². The van der Waals surface area contributed by atoms with Gasteiger partial charge in [0.2, 0.25) is 11.8 Å². The molecule has 5 nitrogen and oxygen atoms in total. The molecular weight excluding hydrogens is 469 g/mol. The summed E-state index contributed by atoms with van der Waals surface area (Å²) in [6.07, 6.45) is 1.47. The van der Waals surface area contributed by atoms with Crippen LogP contribution in [-0.4, -0.2) is 44.9 Å². The first-order chi connectivity index (χ1) is 16.4. The Hall–Kier alpha value is -3.01. The molecule has 1 saturated heterocycles. The van der Waals surface area contributed by atoms with Gasteiger partial charge in [-0.25, -0.2) is 26.9 Å². The van der Waals surface area contributed by atoms with Gasteiger partial charge in [-0.15, -0.1) is 0 Å². The number of carbonyl (C=O) groups excluding carboxylic acids is 1. The minimum Gasteiger partial charge on any atom is -0.384 e. The van der Waals surface area contributed by atoms with E-state index in [4.69, 9.17) is 0 Å². The van der Waals surface area contributed by atoms with E-state index in [9.17, 15) is 23.1 Å². The molecule has 1 aliphatic heterocycles. The van der Waals surface area contributed by atoms with E-state index >= 15 is 8.78 Å². The summed E-state index contributed by atoms with van der Waals surface area (Å²) in [5.74, 6) is -8.22. The fraction of sp³-hybridized carbons (Fsp3) is 0.440. The van der Waals surface area contributed by atoms with Crippen molar-refractivity contribution in [3.05, 3.63) is 53.6 Å². The highest BCUT2D eigenvalue weighted by Crippen LogP contribution is 2.47. The van der Waals surface area contributed by atoms with Crippen molar-refractivity contribution in [3.8, 4) is 11.1 Å². The highest BCUT2D eigenvalue weighted by molar-refractivity contribution is 5.93. The van der Waals surface area contributed by atoms with Gasteiger partial charge >= 0.3 is 0 Å². The number of likely N-dealkylation sites (tertiary alicyclic amines) is 1. The number of benzene rings is 1. The van der Waals surface area contributed by atoms with Gasteiger partial charge in [0, 0.05) is 56.1 Å². The van der Waals surface area contributed by atoms with Crippen LogP contribution >= 0.6 is 0 Å². The van der Waals surface area contributed by atoms with Crippen molar-refractivity contribution in [1.29, 1.82) is 0 Å². The lowest BCUT2D eigenvalue weighted by molar-refractivity contribution is -0.172. The molecule has 1 aliphatic carbocycles. The van der Waals surface area contributed by atoms with Crippen LogP contribution in [0, 0.1) is 35.2 Å². The Morgan fingerprint density at radius 1 is 1.09 bits per heavy atom. The summed E-state index contributed by atoms with van der Waals surface area (Å²) in [7, 11) is 0. The number of hydrogen-bond donors (Lipinski definition) is 2. The lowest BCUT2D eigenvalue weighted by atomic mass is 9.69. The zero-order valence-electron chi connectivity index (χ0n) is 19.1. The third-order valence-electron chi connectivity index (χ3n) is 7.52. The summed E-state index contributed by atoms with van der Waals surface area (Å²) in [6, 6.07) is 3.54. The second kappa shape index (κ2) is 8.01. The van der Waals surface area contributed by atoms with Gasteiger partial charge in [0.1, 0.15) is 22.9 Å². The van der Waals surface area contributed by atoms with Gasteiger partial charge < -0.3 is 15.0 Å². The molecule has 3 aromatic rings. The van der Waals surface area contributed by atoms with Crippen LogP contribution in [0.15, 0.2) is 30.6 Å². The van der Waals surface area contributed by atoms with E-state index in [-0.39, 0.29) is 35.2 Å². The highest BCUT2D eigenvalue weighted by Gasteiger charge is 2.53. The molecule has 1 saturated carbocycles. The molecule has 10 heteroatoms. The SMILES string of the molecule is C[C@@H]1CN(C(=O)C2CC(F)(F)C2)C[C@H](C)C1(O)c1c(F)cc(-c2ccnc3[nH]cc(F)c23)cc1F. The number of piperidine rings is 1. The molecule has 0 bridgehead atoms. The number of nitrogens with one attached hydrogen (secondary N) is 1. The Morgan fingerprint density at radius 3 is 2.26 bits per heavy atom. The second-order valence-corrected chi connectivity index (χ2v) is 9.87. The van der Waals surface area contributed by atoms with Gasteiger partial charge in [-0.1, -0.05) is 13.8 Å². The topological polar surface area (TPSA) is 69.2 Å². The smallest absolute Gasteiger partial charge is 0.249 e. The average Bonchev–Trinajstić information content (AvgIpc) is 3.15. The zero-order valence-corrected chi connectivity index (χ0v) is 19.1. The predicted molar refractivity (Wildman–Crippen MR) is 118 cm³/mol. The quantitative estimate of drug-likeness (QED) is 0.505. The van der Waals surface area contributed by atoms with Gasteiger partial charge in [-0.05, 0) is 29.3 Å². The lowest BCUT2D eigenvalue weighted by Gasteiger charge is -2.49. The first-order valence-corrected chi connectivity index (χ1v) is 11.4. The third-order valence-corrected chi connectivity index (χ3v) is 7.52. The van der Waals surface area contributed by atoms with Crippen molar-refractivity contribution < 1.29 is 31.9 Å². The van der Waals surface area contributed by atoms with Crippen molar-refractivity contribution in [2.45, 2.75) is 38.2 Å². The van der Waals surface area contributed by atoms with Crippen LogP contribution in [0.1, 0.15) is 32.3 Å². The van der Waals surface area contributed by atoms with Gasteiger partial charge in [0.25, 0.3) is 0 Å². The van der Waals surface area contributed by atoms with Crippen LogP contribution in [0.5, 0.6) is 0 Å². The monoisotopic (exact) mass is 493 g/mol. The molecule has 1 aromatic carbocycles. The predicted octanol–water partition coefficient (Wildman–Crippen LogP) is 4.99. The summed E-state index contributed by atoms with van der Waals surface area (Å²) in [5, 5.41) is 11.7. The molecule has 2 fully saturated rings. The summed E-state index contributed by atoms with van der Waals surface area (Å²) in [5.41, 5.74) is -1.92. The number of alkyl halides is 2. The number of aromatic nitrogens is 2. The van der Waals surface area contributed by atoms with Crippen LogP contribution in [-0.2, 0) is 10.4 Å². The third kappa shape index (κ3) is 3.69. The van der Waals surface area contributed by atoms with Gasteiger partial charge in [0.05, 0.1) is 10.9 Å². The number of carbonyl (C=O) groups is 1. The van der Waals surface area contributed by atoms with Crippen molar-refractivity contribution in [1.82, 2.24) is 14.9 Å². The molecule has 186 valence electrons. The van der Waals surface area contributed by atoms with Crippen LogP contribution < -0.4 is 0 Å². The van der Waals surface area contributed by atoms with Crippen molar-refractivity contribution in [2.75, 3.05) is 13.1 Å². The number of aromatic amines is 1. The van der Waals surface area contributed by atoms with Crippen LogP contribution in [0.3, 0.4) is 0 Å². The van der Waals surface area contributed by atoms with Gasteiger partial charge in [-0.3, -0.25) is 4.79 Å². The van der Waals surface area contributed by atoms with E-state index in [2.05, 4.69) is 9.97 Å². The molecule has 2 aromatic heterocycles. The number of pyridine rings is 1. The van der Waals surface area contributed by atoms with E-state index in [1.165, 1.54) is 17.2 Å². The molecule has 35 heavy (non-hydrogen) atoms. The van der Waals surface area contributed by atoms with E-state index in [0.717, 1.165) is 18.3 Å². The summed E-state index contributed by atoms with van der Waals surface area (Å²) >= 11 is 0. The summed E-state index contributed by atoms with van der Waals surface area (Å²) in [4.78, 5) is 20.7. The summed E-state index contributed by atoms with van der Waals surface area (Å²) in [6.45, 7) is 3.09. The Kier molecular flexibility index (Phi) is 5.43. The van der Waals surface area contributed by atoms with Crippen LogP contribution in [0.4, 0.5) is 22.0 Å². The number of fused-ring (bicyclic) bond motifs is 1. The lowest BCUT2D eigenvalue weighted by Crippen LogP contribution is -2.58. The normalized spacial score (nSPS) is 26.7. The Labute approximate surface area is 198 Å². The van der Waals surface area contributed by atoms with Gasteiger partial charge in [0.15, 0.2) is 5.82 Å². The number of aliphatic hydroxyl groups is 1. The first-order valence-electron chi connectivity index (χ1n) is 11.4. The van der Waals surface area contributed by atoms with E-state index in [1.54, 1.807) is 13.8 Å². The number of rotatable bonds is 3. The zero-order chi connectivity index (χ0) is 25.3. The maximum absolute atomic E-state index is 15.5. The van der Waals surface area contributed by atoms with Gasteiger partial charge in [-0.2, -0.15) is 0 Å². The maximum atomic E-state index is 15.5. The minimum absolute atomic E-state index is 0.0259. The Balaban J connectivity index is 1.47. The van der Waals surface area contributed by atoms with Crippen LogP contribution in [0.2, 0.25) is 0 Å². The van der Waals surface area contributed by atoms with Crippen molar-refractivity contribution >= 4 is 16.9 Å². The average molecular weight is 493 g/mol. The number of H-pyrrole nitrogens is 1. The molecule has 1 unspecified atom stereocenters. The molecule has 2 aliphatic rings. The molecule has 5 rings (SSSR count). The molecule has 0 radical (unpaired) electrons. The fourth-order valence-electron chi connectivity index (χ4n) is 5.64. The standard InChI is InChI=1S/C25H24F5N3O2/c1-12-10-33(23(34)15-7-24(29,30)8-15)11-13(2)25(12,35)21-17(26)5-14(6-18(21)27)16-3-4-31-22-20(16)19(28)9-32-22/h3-6,9,12-13,15,35H,7-8,10-11H2,1-2H3,(H,31,32)/t12-,13+,25?. The molecule has 3 atom stereocenters. The van der Waals surface area contributed by atoms with E-state index in [0.29, 0.717) is 0 Å². The summed E-state index contributed by atoms with van der Waals surface area (Å²) < 4.78 is 71.6. The highest BCUT2D eigenvalue weighted by atomic mass is 19.3. The number of hydrogen-bond acceptors (Lipinski definition) is 3. The molecule has 3 heterocycles. The first kappa shape index (κ1) is 23.7. The van der Waals surface area contributed by atoms with E-state index < -0.39 is 71.0 Å². The van der Waals surface area contributed by atoms with E-state index in [1.807, 2.05) is 0 Å².